The van der Waals surface area contributed by atoms with Crippen LogP contribution in [0.15, 0.2) is 41.5 Å². The van der Waals surface area contributed by atoms with Crippen LogP contribution in [0, 0.1) is 6.92 Å². The molecule has 6 nitrogen and oxygen atoms in total. The molecule has 0 saturated heterocycles. The van der Waals surface area contributed by atoms with Crippen LogP contribution >= 0.6 is 0 Å². The second-order valence-electron chi connectivity index (χ2n) is 5.22. The summed E-state index contributed by atoms with van der Waals surface area (Å²) in [6.45, 7) is 1.91. The van der Waals surface area contributed by atoms with E-state index in [1.54, 1.807) is 50.6 Å². The Morgan fingerprint density at radius 1 is 1.17 bits per heavy atom. The van der Waals surface area contributed by atoms with E-state index in [4.69, 9.17) is 9.47 Å². The summed E-state index contributed by atoms with van der Waals surface area (Å²) in [4.78, 5) is 11.9. The summed E-state index contributed by atoms with van der Waals surface area (Å²) < 4.78 is 10.4. The molecule has 0 fully saturated rings. The molecule has 0 spiro atoms. The lowest BCUT2D eigenvalue weighted by atomic mass is 10.1. The summed E-state index contributed by atoms with van der Waals surface area (Å²) in [6.07, 6.45) is 1.56. The van der Waals surface area contributed by atoms with Crippen molar-refractivity contribution in [3.63, 3.8) is 0 Å². The fraction of sp³-hybridized carbons (Fsp3) is 0.222. The molecule has 0 aliphatic carbocycles. The van der Waals surface area contributed by atoms with Crippen LogP contribution in [0.25, 0.3) is 0 Å². The molecule has 24 heavy (non-hydrogen) atoms. The Balaban J connectivity index is 1.98. The monoisotopic (exact) mass is 328 g/mol. The number of ether oxygens (including phenoxy) is 2. The summed E-state index contributed by atoms with van der Waals surface area (Å²) in [5.41, 5.74) is 4.75. The largest absolute Gasteiger partial charge is 0.507 e. The van der Waals surface area contributed by atoms with Crippen LogP contribution in [-0.2, 0) is 11.2 Å². The molecule has 2 N–H and O–H groups in total. The SMILES string of the molecule is COc1ccc(CC(=O)N/N=C/c2cc(C)ccc2O)cc1OC. The molecule has 1 amide bonds. The number of methoxy groups -OCH3 is 2. The van der Waals surface area contributed by atoms with Crippen LogP contribution in [-0.4, -0.2) is 31.4 Å². The molecule has 126 valence electrons. The van der Waals surface area contributed by atoms with Gasteiger partial charge in [0.25, 0.3) is 0 Å². The number of nitrogens with one attached hydrogen (secondary N) is 1. The van der Waals surface area contributed by atoms with Gasteiger partial charge in [-0.3, -0.25) is 4.79 Å². The van der Waals surface area contributed by atoms with Gasteiger partial charge in [0.05, 0.1) is 26.9 Å². The van der Waals surface area contributed by atoms with E-state index in [2.05, 4.69) is 10.5 Å². The molecule has 0 aliphatic rings. The topological polar surface area (TPSA) is 80.2 Å². The average Bonchev–Trinajstić information content (AvgIpc) is 2.57. The van der Waals surface area contributed by atoms with Gasteiger partial charge in [0.15, 0.2) is 11.5 Å². The van der Waals surface area contributed by atoms with Crippen molar-refractivity contribution in [2.24, 2.45) is 5.10 Å². The number of carbonyl (C=O) groups excluding carboxylic acids is 1. The Kier molecular flexibility index (Phi) is 5.78. The maximum Gasteiger partial charge on any atom is 0.244 e. The van der Waals surface area contributed by atoms with Crippen LogP contribution in [0.1, 0.15) is 16.7 Å². The number of hydrogen-bond acceptors (Lipinski definition) is 5. The number of amides is 1. The van der Waals surface area contributed by atoms with Gasteiger partial charge in [-0.05, 0) is 36.8 Å². The van der Waals surface area contributed by atoms with Crippen LogP contribution in [0.2, 0.25) is 0 Å². The van der Waals surface area contributed by atoms with Gasteiger partial charge < -0.3 is 14.6 Å². The molecule has 2 rings (SSSR count). The minimum absolute atomic E-state index is 0.110. The summed E-state index contributed by atoms with van der Waals surface area (Å²) in [5, 5.41) is 13.6. The molecule has 0 atom stereocenters. The fourth-order valence-corrected chi connectivity index (χ4v) is 2.17. The van der Waals surface area contributed by atoms with Crippen LogP contribution in [0.5, 0.6) is 17.2 Å². The second kappa shape index (κ2) is 8.01. The molecule has 0 saturated carbocycles. The lowest BCUT2D eigenvalue weighted by molar-refractivity contribution is -0.120. The first-order valence-electron chi connectivity index (χ1n) is 7.36. The Bertz CT molecular complexity index is 757. The average molecular weight is 328 g/mol. The third kappa shape index (κ3) is 4.49. The Morgan fingerprint density at radius 2 is 1.92 bits per heavy atom. The van der Waals surface area contributed by atoms with Crippen molar-refractivity contribution < 1.29 is 19.4 Å². The maximum atomic E-state index is 11.9. The van der Waals surface area contributed by atoms with E-state index in [1.807, 2.05) is 6.92 Å². The minimum atomic E-state index is -0.273. The normalized spacial score (nSPS) is 10.6. The van der Waals surface area contributed by atoms with Crippen molar-refractivity contribution in [1.29, 1.82) is 0 Å². The van der Waals surface area contributed by atoms with Gasteiger partial charge in [-0.1, -0.05) is 17.7 Å². The van der Waals surface area contributed by atoms with Gasteiger partial charge in [-0.2, -0.15) is 5.10 Å². The number of nitrogens with zero attached hydrogens (tertiary/aromatic N) is 1. The molecule has 0 unspecified atom stereocenters. The lowest BCUT2D eigenvalue weighted by Crippen LogP contribution is -2.19. The number of hydrogen-bond donors (Lipinski definition) is 2. The Hall–Kier alpha value is -3.02. The highest BCUT2D eigenvalue weighted by Crippen LogP contribution is 2.27. The van der Waals surface area contributed by atoms with Crippen molar-refractivity contribution >= 4 is 12.1 Å². The quantitative estimate of drug-likeness (QED) is 0.630. The van der Waals surface area contributed by atoms with Gasteiger partial charge in [0.1, 0.15) is 5.75 Å². The minimum Gasteiger partial charge on any atom is -0.507 e. The third-order valence-corrected chi connectivity index (χ3v) is 3.39. The summed E-state index contributed by atoms with van der Waals surface area (Å²) in [5.74, 6) is 1.01. The van der Waals surface area contributed by atoms with E-state index >= 15 is 0 Å². The first-order chi connectivity index (χ1) is 11.5. The zero-order chi connectivity index (χ0) is 17.5. The van der Waals surface area contributed by atoms with Crippen molar-refractivity contribution in [3.8, 4) is 17.2 Å². The molecule has 0 aliphatic heterocycles. The van der Waals surface area contributed by atoms with Gasteiger partial charge in [0.2, 0.25) is 5.91 Å². The number of phenols is 1. The highest BCUT2D eigenvalue weighted by atomic mass is 16.5. The standard InChI is InChI=1S/C18H20N2O4/c1-12-4-6-15(21)14(8-12)11-19-20-18(22)10-13-5-7-16(23-2)17(9-13)24-3/h4-9,11,21H,10H2,1-3H3,(H,20,22)/b19-11+. The van der Waals surface area contributed by atoms with E-state index in [9.17, 15) is 9.90 Å². The smallest absolute Gasteiger partial charge is 0.244 e. The molecule has 2 aromatic rings. The van der Waals surface area contributed by atoms with Crippen LogP contribution in [0.4, 0.5) is 0 Å². The van der Waals surface area contributed by atoms with E-state index in [-0.39, 0.29) is 18.1 Å². The van der Waals surface area contributed by atoms with Crippen molar-refractivity contribution in [2.75, 3.05) is 14.2 Å². The van der Waals surface area contributed by atoms with E-state index < -0.39 is 0 Å². The molecular formula is C18H20N2O4. The van der Waals surface area contributed by atoms with Crippen molar-refractivity contribution in [3.05, 3.63) is 53.1 Å². The molecule has 0 radical (unpaired) electrons. The number of aromatic hydroxyl groups is 1. The predicted octanol–water partition coefficient (Wildman–Crippen LogP) is 2.41. The number of phenolic OH excluding ortho intramolecular Hbond substituents is 1. The zero-order valence-corrected chi connectivity index (χ0v) is 13.9. The molecule has 6 heteroatoms. The van der Waals surface area contributed by atoms with E-state index in [1.165, 1.54) is 6.21 Å². The lowest BCUT2D eigenvalue weighted by Gasteiger charge is -2.09. The summed E-state index contributed by atoms with van der Waals surface area (Å²) in [7, 11) is 3.10. The summed E-state index contributed by atoms with van der Waals surface area (Å²) in [6, 6.07) is 10.4. The van der Waals surface area contributed by atoms with E-state index in [0.717, 1.165) is 11.1 Å². The second-order valence-corrected chi connectivity index (χ2v) is 5.22. The summed E-state index contributed by atoms with van der Waals surface area (Å²) >= 11 is 0. The van der Waals surface area contributed by atoms with Gasteiger partial charge in [-0.15, -0.1) is 0 Å². The first kappa shape index (κ1) is 17.3. The van der Waals surface area contributed by atoms with Gasteiger partial charge in [-0.25, -0.2) is 5.43 Å². The molecule has 0 bridgehead atoms. The number of benzene rings is 2. The molecule has 0 aromatic heterocycles. The zero-order valence-electron chi connectivity index (χ0n) is 13.9. The molecular weight excluding hydrogens is 308 g/mol. The number of aryl methyl sites for hydroxylation is 1. The molecule has 2 aromatic carbocycles. The Labute approximate surface area is 140 Å². The van der Waals surface area contributed by atoms with Crippen molar-refractivity contribution in [1.82, 2.24) is 5.43 Å². The van der Waals surface area contributed by atoms with E-state index in [0.29, 0.717) is 17.1 Å². The van der Waals surface area contributed by atoms with Crippen molar-refractivity contribution in [2.45, 2.75) is 13.3 Å². The Morgan fingerprint density at radius 3 is 2.62 bits per heavy atom. The van der Waals surface area contributed by atoms with Gasteiger partial charge >= 0.3 is 0 Å². The first-order valence-corrected chi connectivity index (χ1v) is 7.36. The third-order valence-electron chi connectivity index (χ3n) is 3.39. The maximum absolute atomic E-state index is 11.9. The number of carbonyl (C=O) groups is 1. The predicted molar refractivity (Wildman–Crippen MR) is 91.8 cm³/mol. The highest BCUT2D eigenvalue weighted by Gasteiger charge is 2.08. The highest BCUT2D eigenvalue weighted by molar-refractivity contribution is 5.85. The van der Waals surface area contributed by atoms with Crippen LogP contribution < -0.4 is 14.9 Å². The van der Waals surface area contributed by atoms with Gasteiger partial charge in [0, 0.05) is 5.56 Å². The van der Waals surface area contributed by atoms with Crippen LogP contribution in [0.3, 0.4) is 0 Å². The molecule has 0 heterocycles. The number of hydrazone groups is 1. The number of rotatable bonds is 6. The fourth-order valence-electron chi connectivity index (χ4n) is 2.17.